The van der Waals surface area contributed by atoms with Crippen molar-refractivity contribution in [1.82, 2.24) is 9.97 Å². The SMILES string of the molecule is CCc1ccccc1NC(=O)c1cnc(NCc2ccc(OC)c(OC)c2)nc1. The monoisotopic (exact) mass is 392 g/mol. The topological polar surface area (TPSA) is 85.4 Å². The molecule has 0 fully saturated rings. The van der Waals surface area contributed by atoms with E-state index >= 15 is 0 Å². The van der Waals surface area contributed by atoms with Gasteiger partial charge < -0.3 is 20.1 Å². The number of aromatic nitrogens is 2. The van der Waals surface area contributed by atoms with E-state index in [1.165, 1.54) is 12.4 Å². The van der Waals surface area contributed by atoms with Gasteiger partial charge in [-0.05, 0) is 35.7 Å². The Morgan fingerprint density at radius 1 is 1.00 bits per heavy atom. The summed E-state index contributed by atoms with van der Waals surface area (Å²) in [6.45, 7) is 2.56. The number of hydrogen-bond acceptors (Lipinski definition) is 6. The molecule has 2 aromatic carbocycles. The van der Waals surface area contributed by atoms with Crippen LogP contribution in [0.25, 0.3) is 0 Å². The molecule has 0 saturated carbocycles. The minimum atomic E-state index is -0.239. The van der Waals surface area contributed by atoms with E-state index in [1.54, 1.807) is 14.2 Å². The standard InChI is InChI=1S/C22H24N4O3/c1-4-16-7-5-6-8-18(16)26-21(27)17-13-24-22(25-14-17)23-12-15-9-10-19(28-2)20(11-15)29-3/h5-11,13-14H,4,12H2,1-3H3,(H,26,27)(H,23,24,25). The van der Waals surface area contributed by atoms with Gasteiger partial charge in [0.1, 0.15) is 0 Å². The zero-order valence-electron chi connectivity index (χ0n) is 16.7. The van der Waals surface area contributed by atoms with Crippen LogP contribution in [0.3, 0.4) is 0 Å². The molecule has 7 heteroatoms. The maximum absolute atomic E-state index is 12.5. The number of aryl methyl sites for hydroxylation is 1. The van der Waals surface area contributed by atoms with Gasteiger partial charge in [-0.25, -0.2) is 9.97 Å². The second kappa shape index (κ2) is 9.54. The lowest BCUT2D eigenvalue weighted by Crippen LogP contribution is -2.14. The number of carbonyl (C=O) groups is 1. The predicted molar refractivity (Wildman–Crippen MR) is 113 cm³/mol. The van der Waals surface area contributed by atoms with Crippen molar-refractivity contribution in [2.45, 2.75) is 19.9 Å². The minimum Gasteiger partial charge on any atom is -0.493 e. The third-order valence-electron chi connectivity index (χ3n) is 4.46. The molecule has 3 aromatic rings. The average molecular weight is 392 g/mol. The second-order valence-electron chi connectivity index (χ2n) is 6.30. The summed E-state index contributed by atoms with van der Waals surface area (Å²) in [7, 11) is 3.20. The number of nitrogens with one attached hydrogen (secondary N) is 2. The smallest absolute Gasteiger partial charge is 0.258 e. The summed E-state index contributed by atoms with van der Waals surface area (Å²) >= 11 is 0. The van der Waals surface area contributed by atoms with Crippen LogP contribution in [0.15, 0.2) is 54.9 Å². The van der Waals surface area contributed by atoms with Crippen molar-refractivity contribution in [2.24, 2.45) is 0 Å². The number of benzene rings is 2. The fraction of sp³-hybridized carbons (Fsp3) is 0.227. The Bertz CT molecular complexity index is 974. The first-order chi connectivity index (χ1) is 14.1. The van der Waals surface area contributed by atoms with Crippen molar-refractivity contribution in [3.05, 3.63) is 71.5 Å². The van der Waals surface area contributed by atoms with Crippen molar-refractivity contribution >= 4 is 17.5 Å². The van der Waals surface area contributed by atoms with Gasteiger partial charge in [-0.15, -0.1) is 0 Å². The van der Waals surface area contributed by atoms with Gasteiger partial charge in [0, 0.05) is 24.6 Å². The molecule has 0 aliphatic heterocycles. The molecule has 7 nitrogen and oxygen atoms in total. The summed E-state index contributed by atoms with van der Waals surface area (Å²) in [6, 6.07) is 13.4. The zero-order chi connectivity index (χ0) is 20.6. The van der Waals surface area contributed by atoms with Crippen LogP contribution in [0.4, 0.5) is 11.6 Å². The third kappa shape index (κ3) is 5.01. The molecule has 0 aliphatic carbocycles. The Labute approximate surface area is 170 Å². The first-order valence-electron chi connectivity index (χ1n) is 9.30. The summed E-state index contributed by atoms with van der Waals surface area (Å²) < 4.78 is 10.5. The van der Waals surface area contributed by atoms with E-state index in [9.17, 15) is 4.79 Å². The molecule has 0 radical (unpaired) electrons. The molecule has 0 atom stereocenters. The second-order valence-corrected chi connectivity index (χ2v) is 6.30. The van der Waals surface area contributed by atoms with Crippen LogP contribution in [-0.4, -0.2) is 30.1 Å². The van der Waals surface area contributed by atoms with Crippen molar-refractivity contribution in [3.63, 3.8) is 0 Å². The van der Waals surface area contributed by atoms with Crippen LogP contribution < -0.4 is 20.1 Å². The number of carbonyl (C=O) groups excluding carboxylic acids is 1. The molecule has 1 aromatic heterocycles. The number of amides is 1. The molecule has 3 rings (SSSR count). The Balaban J connectivity index is 1.62. The number of rotatable bonds is 8. The van der Waals surface area contributed by atoms with E-state index in [2.05, 4.69) is 20.6 Å². The Kier molecular flexibility index (Phi) is 6.63. The van der Waals surface area contributed by atoms with Crippen LogP contribution in [-0.2, 0) is 13.0 Å². The maximum Gasteiger partial charge on any atom is 0.258 e. The van der Waals surface area contributed by atoms with Gasteiger partial charge in [-0.1, -0.05) is 31.2 Å². The van der Waals surface area contributed by atoms with Crippen LogP contribution >= 0.6 is 0 Å². The quantitative estimate of drug-likeness (QED) is 0.604. The van der Waals surface area contributed by atoms with E-state index in [0.717, 1.165) is 23.2 Å². The Morgan fingerprint density at radius 2 is 1.72 bits per heavy atom. The summed E-state index contributed by atoms with van der Waals surface area (Å²) in [5.74, 6) is 1.53. The molecular formula is C22H24N4O3. The van der Waals surface area contributed by atoms with Gasteiger partial charge in [0.15, 0.2) is 11.5 Å². The van der Waals surface area contributed by atoms with Crippen molar-refractivity contribution in [1.29, 1.82) is 0 Å². The van der Waals surface area contributed by atoms with Gasteiger partial charge in [0.05, 0.1) is 19.8 Å². The van der Waals surface area contributed by atoms with Gasteiger partial charge in [-0.3, -0.25) is 4.79 Å². The van der Waals surface area contributed by atoms with E-state index < -0.39 is 0 Å². The highest BCUT2D eigenvalue weighted by molar-refractivity contribution is 6.04. The van der Waals surface area contributed by atoms with Gasteiger partial charge in [0.2, 0.25) is 5.95 Å². The fourth-order valence-corrected chi connectivity index (χ4v) is 2.85. The van der Waals surface area contributed by atoms with E-state index in [-0.39, 0.29) is 5.91 Å². The number of methoxy groups -OCH3 is 2. The first kappa shape index (κ1) is 20.1. The molecule has 0 saturated heterocycles. The van der Waals surface area contributed by atoms with Gasteiger partial charge >= 0.3 is 0 Å². The summed E-state index contributed by atoms with van der Waals surface area (Å²) in [5, 5.41) is 6.05. The molecule has 1 amide bonds. The van der Waals surface area contributed by atoms with Crippen LogP contribution in [0.5, 0.6) is 11.5 Å². The molecular weight excluding hydrogens is 368 g/mol. The van der Waals surface area contributed by atoms with Crippen LogP contribution in [0, 0.1) is 0 Å². The molecule has 0 aliphatic rings. The zero-order valence-corrected chi connectivity index (χ0v) is 16.7. The lowest BCUT2D eigenvalue weighted by atomic mass is 10.1. The minimum absolute atomic E-state index is 0.239. The van der Waals surface area contributed by atoms with Gasteiger partial charge in [0.25, 0.3) is 5.91 Å². The molecule has 150 valence electrons. The molecule has 29 heavy (non-hydrogen) atoms. The van der Waals surface area contributed by atoms with E-state index in [0.29, 0.717) is 29.6 Å². The largest absolute Gasteiger partial charge is 0.493 e. The summed E-state index contributed by atoms with van der Waals surface area (Å²) in [6.07, 6.45) is 3.85. The first-order valence-corrected chi connectivity index (χ1v) is 9.30. The average Bonchev–Trinajstić information content (AvgIpc) is 2.78. The Morgan fingerprint density at radius 3 is 2.41 bits per heavy atom. The highest BCUT2D eigenvalue weighted by atomic mass is 16.5. The molecule has 0 bridgehead atoms. The predicted octanol–water partition coefficient (Wildman–Crippen LogP) is 3.92. The number of anilines is 2. The maximum atomic E-state index is 12.5. The lowest BCUT2D eigenvalue weighted by molar-refractivity contribution is 0.102. The van der Waals surface area contributed by atoms with Crippen molar-refractivity contribution in [3.8, 4) is 11.5 Å². The third-order valence-corrected chi connectivity index (χ3v) is 4.46. The molecule has 1 heterocycles. The number of ether oxygens (including phenoxy) is 2. The number of para-hydroxylation sites is 1. The van der Waals surface area contributed by atoms with Crippen molar-refractivity contribution < 1.29 is 14.3 Å². The normalized spacial score (nSPS) is 10.3. The van der Waals surface area contributed by atoms with Crippen LogP contribution in [0.2, 0.25) is 0 Å². The molecule has 0 unspecified atom stereocenters. The highest BCUT2D eigenvalue weighted by Crippen LogP contribution is 2.27. The highest BCUT2D eigenvalue weighted by Gasteiger charge is 2.10. The summed E-state index contributed by atoms with van der Waals surface area (Å²) in [5.41, 5.74) is 3.27. The number of nitrogens with zero attached hydrogens (tertiary/aromatic N) is 2. The van der Waals surface area contributed by atoms with Crippen molar-refractivity contribution in [2.75, 3.05) is 24.9 Å². The molecule has 0 spiro atoms. The van der Waals surface area contributed by atoms with Gasteiger partial charge in [-0.2, -0.15) is 0 Å². The number of hydrogen-bond donors (Lipinski definition) is 2. The Hall–Kier alpha value is -3.61. The fourth-order valence-electron chi connectivity index (χ4n) is 2.85. The van der Waals surface area contributed by atoms with E-state index in [4.69, 9.17) is 9.47 Å². The van der Waals surface area contributed by atoms with Crippen LogP contribution in [0.1, 0.15) is 28.4 Å². The lowest BCUT2D eigenvalue weighted by Gasteiger charge is -2.11. The summed E-state index contributed by atoms with van der Waals surface area (Å²) in [4.78, 5) is 20.9. The van der Waals surface area contributed by atoms with E-state index in [1.807, 2.05) is 49.4 Å². The molecule has 2 N–H and O–H groups in total.